The van der Waals surface area contributed by atoms with Crippen LogP contribution in [0.25, 0.3) is 0 Å². The summed E-state index contributed by atoms with van der Waals surface area (Å²) in [4.78, 5) is 0. The fraction of sp³-hybridized carbons (Fsp3) is 0.400. The molecule has 12 heavy (non-hydrogen) atoms. The summed E-state index contributed by atoms with van der Waals surface area (Å²) < 4.78 is 5.15. The second kappa shape index (κ2) is 3.64. The van der Waals surface area contributed by atoms with E-state index in [0.717, 1.165) is 5.75 Å². The van der Waals surface area contributed by atoms with E-state index in [4.69, 9.17) is 3.07 Å². The van der Waals surface area contributed by atoms with Crippen LogP contribution in [0.2, 0.25) is 0 Å². The molecule has 1 aliphatic rings. The molecule has 2 heteroatoms. The van der Waals surface area contributed by atoms with Crippen molar-refractivity contribution in [3.8, 4) is 5.75 Å². The van der Waals surface area contributed by atoms with E-state index in [1.807, 2.05) is 23.0 Å². The van der Waals surface area contributed by atoms with Gasteiger partial charge in [-0.3, -0.25) is 0 Å². The Labute approximate surface area is 86.8 Å². The van der Waals surface area contributed by atoms with Crippen LogP contribution < -0.4 is 3.07 Å². The average Bonchev–Trinajstić information content (AvgIpc) is 2.17. The number of hydrogen-bond acceptors (Lipinski definition) is 1. The fourth-order valence-electron chi connectivity index (χ4n) is 1.76. The zero-order valence-electron chi connectivity index (χ0n) is 6.85. The summed E-state index contributed by atoms with van der Waals surface area (Å²) in [6.07, 6.45) is 5.15. The van der Waals surface area contributed by atoms with Gasteiger partial charge in [-0.15, -0.1) is 0 Å². The van der Waals surface area contributed by atoms with Crippen molar-refractivity contribution in [3.63, 3.8) is 0 Å². The highest BCUT2D eigenvalue weighted by atomic mass is 127. The molecular formula is C10H11IO. The summed E-state index contributed by atoms with van der Waals surface area (Å²) >= 11 is 1.93. The maximum absolute atomic E-state index is 5.15. The zero-order valence-corrected chi connectivity index (χ0v) is 9.00. The van der Waals surface area contributed by atoms with E-state index >= 15 is 0 Å². The molecule has 0 radical (unpaired) electrons. The molecule has 0 saturated heterocycles. The lowest BCUT2D eigenvalue weighted by atomic mass is 9.92. The van der Waals surface area contributed by atoms with Gasteiger partial charge in [0.1, 0.15) is 5.75 Å². The Kier molecular flexibility index (Phi) is 2.54. The fourth-order valence-corrected chi connectivity index (χ4v) is 2.03. The van der Waals surface area contributed by atoms with Gasteiger partial charge in [-0.25, -0.2) is 0 Å². The summed E-state index contributed by atoms with van der Waals surface area (Å²) in [5.41, 5.74) is 2.99. The van der Waals surface area contributed by atoms with Crippen LogP contribution >= 0.6 is 23.0 Å². The van der Waals surface area contributed by atoms with Crippen LogP contribution in [0.5, 0.6) is 5.75 Å². The van der Waals surface area contributed by atoms with Crippen molar-refractivity contribution in [2.24, 2.45) is 0 Å². The average molecular weight is 274 g/mol. The van der Waals surface area contributed by atoms with Crippen LogP contribution in [0.1, 0.15) is 24.0 Å². The quantitative estimate of drug-likeness (QED) is 0.714. The first-order valence-corrected chi connectivity index (χ1v) is 5.18. The predicted molar refractivity (Wildman–Crippen MR) is 57.7 cm³/mol. The Morgan fingerprint density at radius 3 is 2.58 bits per heavy atom. The summed E-state index contributed by atoms with van der Waals surface area (Å²) in [5, 5.41) is 0. The van der Waals surface area contributed by atoms with Crippen molar-refractivity contribution in [2.45, 2.75) is 25.7 Å². The number of hydrogen-bond donors (Lipinski definition) is 0. The van der Waals surface area contributed by atoms with E-state index in [1.165, 1.54) is 36.8 Å². The van der Waals surface area contributed by atoms with Crippen molar-refractivity contribution < 1.29 is 3.07 Å². The highest BCUT2D eigenvalue weighted by Crippen LogP contribution is 2.25. The molecule has 64 valence electrons. The molecule has 1 aromatic rings. The summed E-state index contributed by atoms with van der Waals surface area (Å²) in [6, 6.07) is 6.42. The number of halogens is 1. The molecule has 0 unspecified atom stereocenters. The second-order valence-corrected chi connectivity index (χ2v) is 3.66. The van der Waals surface area contributed by atoms with Gasteiger partial charge in [0.05, 0.1) is 0 Å². The normalized spacial score (nSPS) is 15.4. The molecule has 0 amide bonds. The van der Waals surface area contributed by atoms with Gasteiger partial charge in [0.2, 0.25) is 0 Å². The molecule has 1 aliphatic carbocycles. The highest BCUT2D eigenvalue weighted by molar-refractivity contribution is 14.1. The van der Waals surface area contributed by atoms with Crippen molar-refractivity contribution in [1.29, 1.82) is 0 Å². The molecule has 1 aromatic carbocycles. The number of fused-ring (bicyclic) bond motifs is 1. The minimum absolute atomic E-state index is 0.983. The molecular weight excluding hydrogens is 263 g/mol. The van der Waals surface area contributed by atoms with Crippen LogP contribution in [0.3, 0.4) is 0 Å². The SMILES string of the molecule is IOc1ccc2c(c1)CCCC2. The van der Waals surface area contributed by atoms with Crippen molar-refractivity contribution in [2.75, 3.05) is 0 Å². The topological polar surface area (TPSA) is 9.23 Å². The van der Waals surface area contributed by atoms with E-state index in [1.54, 1.807) is 0 Å². The third-order valence-electron chi connectivity index (χ3n) is 2.41. The summed E-state index contributed by atoms with van der Waals surface area (Å²) in [5.74, 6) is 0.983. The molecule has 0 spiro atoms. The third-order valence-corrected chi connectivity index (χ3v) is 2.92. The standard InChI is InChI=1S/C10H11IO/c11-12-10-6-5-8-3-1-2-4-9(8)7-10/h5-7H,1-4H2. The third kappa shape index (κ3) is 1.58. The molecule has 0 saturated carbocycles. The van der Waals surface area contributed by atoms with Gasteiger partial charge < -0.3 is 3.07 Å². The maximum atomic E-state index is 5.15. The van der Waals surface area contributed by atoms with Gasteiger partial charge in [0.25, 0.3) is 0 Å². The van der Waals surface area contributed by atoms with Gasteiger partial charge in [0, 0.05) is 0 Å². The van der Waals surface area contributed by atoms with Crippen LogP contribution in [0.15, 0.2) is 18.2 Å². The van der Waals surface area contributed by atoms with Crippen LogP contribution in [0.4, 0.5) is 0 Å². The molecule has 1 nitrogen and oxygen atoms in total. The Morgan fingerprint density at radius 1 is 1.08 bits per heavy atom. The van der Waals surface area contributed by atoms with Crippen LogP contribution in [-0.2, 0) is 12.8 Å². The van der Waals surface area contributed by atoms with Crippen molar-refractivity contribution in [3.05, 3.63) is 29.3 Å². The smallest absolute Gasteiger partial charge is 0.192 e. The Morgan fingerprint density at radius 2 is 1.83 bits per heavy atom. The van der Waals surface area contributed by atoms with Crippen LogP contribution in [0, 0.1) is 0 Å². The molecule has 0 N–H and O–H groups in total. The van der Waals surface area contributed by atoms with E-state index in [9.17, 15) is 0 Å². The van der Waals surface area contributed by atoms with Gasteiger partial charge in [-0.2, -0.15) is 0 Å². The first kappa shape index (κ1) is 8.35. The number of rotatable bonds is 1. The molecule has 0 aromatic heterocycles. The van der Waals surface area contributed by atoms with Crippen molar-refractivity contribution >= 4 is 23.0 Å². The Bertz CT molecular complexity index is 283. The summed E-state index contributed by atoms with van der Waals surface area (Å²) in [7, 11) is 0. The largest absolute Gasteiger partial charge is 0.428 e. The van der Waals surface area contributed by atoms with E-state index in [-0.39, 0.29) is 0 Å². The zero-order chi connectivity index (χ0) is 8.39. The molecule has 0 heterocycles. The van der Waals surface area contributed by atoms with E-state index in [2.05, 4.69) is 18.2 Å². The van der Waals surface area contributed by atoms with Crippen molar-refractivity contribution in [1.82, 2.24) is 0 Å². The molecule has 0 atom stereocenters. The second-order valence-electron chi connectivity index (χ2n) is 3.21. The first-order valence-electron chi connectivity index (χ1n) is 4.30. The molecule has 2 rings (SSSR count). The predicted octanol–water partition coefficient (Wildman–Crippen LogP) is 3.29. The lowest BCUT2D eigenvalue weighted by Gasteiger charge is -2.15. The van der Waals surface area contributed by atoms with Gasteiger partial charge in [-0.05, 0) is 48.9 Å². The minimum atomic E-state index is 0.983. The number of benzene rings is 1. The van der Waals surface area contributed by atoms with Gasteiger partial charge >= 0.3 is 0 Å². The monoisotopic (exact) mass is 274 g/mol. The number of aryl methyl sites for hydroxylation is 2. The summed E-state index contributed by atoms with van der Waals surface area (Å²) in [6.45, 7) is 0. The lowest BCUT2D eigenvalue weighted by Crippen LogP contribution is -2.01. The first-order chi connectivity index (χ1) is 5.90. The van der Waals surface area contributed by atoms with Crippen LogP contribution in [-0.4, -0.2) is 0 Å². The minimum Gasteiger partial charge on any atom is -0.428 e. The van der Waals surface area contributed by atoms with E-state index in [0.29, 0.717) is 0 Å². The molecule has 0 fully saturated rings. The molecule has 0 aliphatic heterocycles. The Hall–Kier alpha value is -0.250. The Balaban J connectivity index is 2.36. The highest BCUT2D eigenvalue weighted by Gasteiger charge is 2.09. The maximum Gasteiger partial charge on any atom is 0.192 e. The molecule has 0 bridgehead atoms. The van der Waals surface area contributed by atoms with Gasteiger partial charge in [-0.1, -0.05) is 6.07 Å². The lowest BCUT2D eigenvalue weighted by molar-refractivity contribution is 0.670. The van der Waals surface area contributed by atoms with Gasteiger partial charge in [0.15, 0.2) is 23.0 Å². The van der Waals surface area contributed by atoms with E-state index < -0.39 is 0 Å².